The van der Waals surface area contributed by atoms with Crippen LogP contribution in [0.4, 0.5) is 9.52 Å². The number of anilines is 1. The van der Waals surface area contributed by atoms with Crippen molar-refractivity contribution in [2.45, 2.75) is 32.5 Å². The molecule has 1 fully saturated rings. The largest absolute Gasteiger partial charge is 0.303 e. The quantitative estimate of drug-likeness (QED) is 0.911. The highest BCUT2D eigenvalue weighted by Gasteiger charge is 2.29. The van der Waals surface area contributed by atoms with Gasteiger partial charge in [0, 0.05) is 22.7 Å². The molecule has 1 aliphatic heterocycles. The van der Waals surface area contributed by atoms with Gasteiger partial charge in [-0.1, -0.05) is 0 Å². The van der Waals surface area contributed by atoms with Gasteiger partial charge in [0.1, 0.15) is 6.17 Å². The van der Waals surface area contributed by atoms with Crippen LogP contribution in [0.25, 0.3) is 10.6 Å². The third kappa shape index (κ3) is 3.14. The van der Waals surface area contributed by atoms with Gasteiger partial charge >= 0.3 is 0 Å². The standard InChI is InChI=1S/C14H16FN3OS2/c1-7-3-4-11(20-7)12-8(2)21-14(17-12)18-13(19)10-5-9(15)6-16-10/h3-4,9-10,16H,5-6H2,1-2H3,(H,17,18,19)/t9-,10+/m0/s1. The maximum atomic E-state index is 13.1. The van der Waals surface area contributed by atoms with E-state index in [2.05, 4.69) is 28.6 Å². The molecule has 4 nitrogen and oxygen atoms in total. The number of thiazole rings is 1. The molecular weight excluding hydrogens is 309 g/mol. The number of aryl methyl sites for hydroxylation is 2. The average Bonchev–Trinajstić information content (AvgIpc) is 3.11. The summed E-state index contributed by atoms with van der Waals surface area (Å²) in [4.78, 5) is 19.9. The summed E-state index contributed by atoms with van der Waals surface area (Å²) in [5.41, 5.74) is 0.913. The third-order valence-corrected chi connectivity index (χ3v) is 5.29. The second-order valence-corrected chi connectivity index (χ2v) is 7.61. The van der Waals surface area contributed by atoms with Crippen LogP contribution in [0.15, 0.2) is 12.1 Å². The molecule has 2 atom stereocenters. The van der Waals surface area contributed by atoms with Crippen LogP contribution in [-0.2, 0) is 4.79 Å². The van der Waals surface area contributed by atoms with Crippen LogP contribution in [0.5, 0.6) is 0 Å². The Morgan fingerprint density at radius 3 is 2.86 bits per heavy atom. The minimum absolute atomic E-state index is 0.210. The lowest BCUT2D eigenvalue weighted by Gasteiger charge is -2.08. The minimum Gasteiger partial charge on any atom is -0.303 e. The Hall–Kier alpha value is -1.31. The molecule has 2 N–H and O–H groups in total. The highest BCUT2D eigenvalue weighted by Crippen LogP contribution is 2.34. The van der Waals surface area contributed by atoms with E-state index in [0.29, 0.717) is 5.13 Å². The molecule has 1 aliphatic rings. The Morgan fingerprint density at radius 2 is 2.24 bits per heavy atom. The van der Waals surface area contributed by atoms with E-state index in [4.69, 9.17) is 0 Å². The molecule has 3 rings (SSSR count). The first-order valence-corrected chi connectivity index (χ1v) is 8.39. The van der Waals surface area contributed by atoms with Gasteiger partial charge in [0.25, 0.3) is 0 Å². The van der Waals surface area contributed by atoms with Gasteiger partial charge in [0.05, 0.1) is 16.6 Å². The van der Waals surface area contributed by atoms with Crippen molar-refractivity contribution in [1.82, 2.24) is 10.3 Å². The van der Waals surface area contributed by atoms with Crippen LogP contribution < -0.4 is 10.6 Å². The van der Waals surface area contributed by atoms with E-state index in [-0.39, 0.29) is 18.9 Å². The van der Waals surface area contributed by atoms with E-state index in [9.17, 15) is 9.18 Å². The summed E-state index contributed by atoms with van der Waals surface area (Å²) in [5, 5.41) is 6.23. The number of hydrogen-bond donors (Lipinski definition) is 2. The van der Waals surface area contributed by atoms with Crippen molar-refractivity contribution in [3.8, 4) is 10.6 Å². The summed E-state index contributed by atoms with van der Waals surface area (Å²) in [6, 6.07) is 3.64. The molecule has 0 aromatic carbocycles. The first-order valence-electron chi connectivity index (χ1n) is 6.75. The Kier molecular flexibility index (Phi) is 4.05. The molecule has 7 heteroatoms. The number of nitrogens with zero attached hydrogens (tertiary/aromatic N) is 1. The molecule has 2 aromatic heterocycles. The molecule has 0 radical (unpaired) electrons. The topological polar surface area (TPSA) is 54.0 Å². The monoisotopic (exact) mass is 325 g/mol. The molecule has 21 heavy (non-hydrogen) atoms. The predicted molar refractivity (Wildman–Crippen MR) is 84.8 cm³/mol. The van der Waals surface area contributed by atoms with Gasteiger partial charge < -0.3 is 10.6 Å². The van der Waals surface area contributed by atoms with Crippen LogP contribution in [-0.4, -0.2) is 29.6 Å². The highest BCUT2D eigenvalue weighted by atomic mass is 32.1. The second-order valence-electron chi connectivity index (χ2n) is 5.12. The third-order valence-electron chi connectivity index (χ3n) is 3.39. The fourth-order valence-corrected chi connectivity index (χ4v) is 4.14. The van der Waals surface area contributed by atoms with Crippen molar-refractivity contribution in [2.75, 3.05) is 11.9 Å². The zero-order valence-electron chi connectivity index (χ0n) is 11.8. The fraction of sp³-hybridized carbons (Fsp3) is 0.429. The Bertz CT molecular complexity index is 667. The second kappa shape index (κ2) is 5.82. The summed E-state index contributed by atoms with van der Waals surface area (Å²) in [6.45, 7) is 4.29. The van der Waals surface area contributed by atoms with Crippen molar-refractivity contribution in [1.29, 1.82) is 0 Å². The fourth-order valence-electron chi connectivity index (χ4n) is 2.33. The van der Waals surface area contributed by atoms with E-state index in [1.807, 2.05) is 13.0 Å². The van der Waals surface area contributed by atoms with E-state index in [1.54, 1.807) is 11.3 Å². The van der Waals surface area contributed by atoms with E-state index < -0.39 is 12.2 Å². The highest BCUT2D eigenvalue weighted by molar-refractivity contribution is 7.18. The van der Waals surface area contributed by atoms with Crippen LogP contribution in [0.2, 0.25) is 0 Å². The number of hydrogen-bond acceptors (Lipinski definition) is 5. The van der Waals surface area contributed by atoms with Crippen LogP contribution in [0, 0.1) is 13.8 Å². The van der Waals surface area contributed by atoms with Gasteiger partial charge in [0.15, 0.2) is 5.13 Å². The molecule has 0 unspecified atom stereocenters. The Labute approximate surface area is 130 Å². The summed E-state index contributed by atoms with van der Waals surface area (Å²) >= 11 is 3.13. The molecule has 0 aliphatic carbocycles. The van der Waals surface area contributed by atoms with Gasteiger partial charge in [-0.2, -0.15) is 0 Å². The molecule has 3 heterocycles. The van der Waals surface area contributed by atoms with Crippen molar-refractivity contribution < 1.29 is 9.18 Å². The maximum absolute atomic E-state index is 13.1. The van der Waals surface area contributed by atoms with Gasteiger partial charge in [-0.15, -0.1) is 22.7 Å². The lowest BCUT2D eigenvalue weighted by Crippen LogP contribution is -2.35. The molecular formula is C14H16FN3OS2. The molecule has 0 spiro atoms. The molecule has 112 valence electrons. The number of thiophene rings is 1. The van der Waals surface area contributed by atoms with Gasteiger partial charge in [-0.05, 0) is 26.0 Å². The van der Waals surface area contributed by atoms with Crippen molar-refractivity contribution >= 4 is 33.7 Å². The first-order chi connectivity index (χ1) is 10.0. The summed E-state index contributed by atoms with van der Waals surface area (Å²) in [5.74, 6) is -0.210. The molecule has 0 bridgehead atoms. The maximum Gasteiger partial charge on any atom is 0.243 e. The van der Waals surface area contributed by atoms with Gasteiger partial charge in [-0.3, -0.25) is 4.79 Å². The number of nitrogens with one attached hydrogen (secondary N) is 2. The Balaban J connectivity index is 1.74. The van der Waals surface area contributed by atoms with Gasteiger partial charge in [-0.25, -0.2) is 9.37 Å². The number of alkyl halides is 1. The predicted octanol–water partition coefficient (Wildman–Crippen LogP) is 3.13. The molecule has 1 saturated heterocycles. The minimum atomic E-state index is -0.941. The zero-order chi connectivity index (χ0) is 15.0. The summed E-state index contributed by atoms with van der Waals surface area (Å²) in [7, 11) is 0. The smallest absolute Gasteiger partial charge is 0.243 e. The van der Waals surface area contributed by atoms with Crippen molar-refractivity contribution in [3.63, 3.8) is 0 Å². The van der Waals surface area contributed by atoms with Crippen LogP contribution in [0.3, 0.4) is 0 Å². The Morgan fingerprint density at radius 1 is 1.43 bits per heavy atom. The molecule has 2 aromatic rings. The average molecular weight is 325 g/mol. The zero-order valence-corrected chi connectivity index (χ0v) is 13.4. The first kappa shape index (κ1) is 14.6. The lowest BCUT2D eigenvalue weighted by molar-refractivity contribution is -0.117. The normalized spacial score (nSPS) is 21.7. The van der Waals surface area contributed by atoms with Crippen LogP contribution >= 0.6 is 22.7 Å². The summed E-state index contributed by atoms with van der Waals surface area (Å²) in [6.07, 6.45) is -0.712. The van der Waals surface area contributed by atoms with Crippen molar-refractivity contribution in [2.24, 2.45) is 0 Å². The van der Waals surface area contributed by atoms with Gasteiger partial charge in [0.2, 0.25) is 5.91 Å². The van der Waals surface area contributed by atoms with Crippen LogP contribution in [0.1, 0.15) is 16.2 Å². The molecule has 0 saturated carbocycles. The van der Waals surface area contributed by atoms with Crippen molar-refractivity contribution in [3.05, 3.63) is 21.9 Å². The number of carbonyl (C=O) groups excluding carboxylic acids is 1. The number of amides is 1. The number of aromatic nitrogens is 1. The molecule has 1 amide bonds. The lowest BCUT2D eigenvalue weighted by atomic mass is 10.2. The number of halogens is 1. The number of carbonyl (C=O) groups is 1. The number of rotatable bonds is 3. The van der Waals surface area contributed by atoms with E-state index >= 15 is 0 Å². The SMILES string of the molecule is Cc1ccc(-c2nc(NC(=O)[C@H]3C[C@H](F)CN3)sc2C)s1. The summed E-state index contributed by atoms with van der Waals surface area (Å²) < 4.78 is 13.1. The van der Waals surface area contributed by atoms with E-state index in [1.165, 1.54) is 16.2 Å². The van der Waals surface area contributed by atoms with E-state index in [0.717, 1.165) is 15.4 Å².